The van der Waals surface area contributed by atoms with E-state index in [1.54, 1.807) is 12.1 Å². The Hall–Kier alpha value is -2.84. The zero-order valence-electron chi connectivity index (χ0n) is 15.3. The molecule has 2 heterocycles. The first kappa shape index (κ1) is 18.5. The predicted molar refractivity (Wildman–Crippen MR) is 109 cm³/mol. The number of sulfonamides is 1. The number of benzene rings is 2. The van der Waals surface area contributed by atoms with Gasteiger partial charge in [-0.1, -0.05) is 18.2 Å². The average Bonchev–Trinajstić information content (AvgIpc) is 3.25. The SMILES string of the molecule is NS(=O)(=O)c1ccc2c(c1)CCN2CC(=O)NCCc1c[nH]c2ccccc12. The summed E-state index contributed by atoms with van der Waals surface area (Å²) in [7, 11) is -3.71. The fraction of sp³-hybridized carbons (Fsp3) is 0.250. The molecule has 0 aliphatic carbocycles. The van der Waals surface area contributed by atoms with E-state index >= 15 is 0 Å². The Labute approximate surface area is 163 Å². The third-order valence-corrected chi connectivity index (χ3v) is 6.01. The lowest BCUT2D eigenvalue weighted by molar-refractivity contribution is -0.119. The number of hydrogen-bond donors (Lipinski definition) is 3. The van der Waals surface area contributed by atoms with Crippen LogP contribution in [0.2, 0.25) is 0 Å². The van der Waals surface area contributed by atoms with E-state index in [0.717, 1.165) is 23.2 Å². The molecule has 1 amide bonds. The first-order chi connectivity index (χ1) is 13.4. The summed E-state index contributed by atoms with van der Waals surface area (Å²) < 4.78 is 23.0. The minimum atomic E-state index is -3.71. The zero-order valence-corrected chi connectivity index (χ0v) is 16.1. The number of anilines is 1. The van der Waals surface area contributed by atoms with Crippen molar-refractivity contribution in [2.75, 3.05) is 24.5 Å². The van der Waals surface area contributed by atoms with Crippen LogP contribution in [0.4, 0.5) is 5.69 Å². The van der Waals surface area contributed by atoms with Crippen molar-refractivity contribution in [1.82, 2.24) is 10.3 Å². The van der Waals surface area contributed by atoms with Crippen molar-refractivity contribution >= 4 is 32.5 Å². The molecule has 1 aliphatic rings. The molecule has 8 heteroatoms. The predicted octanol–water partition coefficient (Wildman–Crippen LogP) is 1.54. The van der Waals surface area contributed by atoms with Crippen LogP contribution in [0.25, 0.3) is 10.9 Å². The van der Waals surface area contributed by atoms with Gasteiger partial charge in [0.2, 0.25) is 15.9 Å². The molecule has 0 saturated heterocycles. The molecule has 0 atom stereocenters. The maximum atomic E-state index is 12.4. The minimum absolute atomic E-state index is 0.0526. The van der Waals surface area contributed by atoms with E-state index in [1.807, 2.05) is 29.3 Å². The van der Waals surface area contributed by atoms with Crippen LogP contribution in [0.5, 0.6) is 0 Å². The highest BCUT2D eigenvalue weighted by molar-refractivity contribution is 7.89. The van der Waals surface area contributed by atoms with Crippen LogP contribution in [0.1, 0.15) is 11.1 Å². The Morgan fingerprint density at radius 1 is 1.21 bits per heavy atom. The van der Waals surface area contributed by atoms with E-state index in [1.165, 1.54) is 17.0 Å². The van der Waals surface area contributed by atoms with Gasteiger partial charge in [-0.25, -0.2) is 13.6 Å². The number of rotatable bonds is 6. The lowest BCUT2D eigenvalue weighted by Gasteiger charge is -2.19. The van der Waals surface area contributed by atoms with Gasteiger partial charge in [-0.3, -0.25) is 4.79 Å². The normalized spacial score (nSPS) is 13.7. The molecule has 0 fully saturated rings. The largest absolute Gasteiger partial charge is 0.362 e. The topological polar surface area (TPSA) is 108 Å². The number of hydrogen-bond acceptors (Lipinski definition) is 4. The van der Waals surface area contributed by atoms with Gasteiger partial charge in [-0.05, 0) is 48.2 Å². The fourth-order valence-corrected chi connectivity index (χ4v) is 4.26. The van der Waals surface area contributed by atoms with Gasteiger partial charge < -0.3 is 15.2 Å². The molecular formula is C20H22N4O3S. The standard InChI is InChI=1S/C20H22N4O3S/c21-28(26,27)16-5-6-19-14(11-16)8-10-24(19)13-20(25)22-9-7-15-12-23-18-4-2-1-3-17(15)18/h1-6,11-12,23H,7-10,13H2,(H,22,25)(H2,21,26,27). The van der Waals surface area contributed by atoms with E-state index < -0.39 is 10.0 Å². The second kappa shape index (κ2) is 7.29. The third-order valence-electron chi connectivity index (χ3n) is 5.10. The summed E-state index contributed by atoms with van der Waals surface area (Å²) in [6.45, 7) is 1.49. The second-order valence-electron chi connectivity index (χ2n) is 6.97. The second-order valence-corrected chi connectivity index (χ2v) is 8.53. The quantitative estimate of drug-likeness (QED) is 0.585. The Morgan fingerprint density at radius 2 is 2.04 bits per heavy atom. The number of H-pyrrole nitrogens is 1. The van der Waals surface area contributed by atoms with Crippen molar-refractivity contribution in [1.29, 1.82) is 0 Å². The molecule has 4 N–H and O–H groups in total. The molecule has 28 heavy (non-hydrogen) atoms. The highest BCUT2D eigenvalue weighted by atomic mass is 32.2. The van der Waals surface area contributed by atoms with Crippen molar-refractivity contribution in [2.45, 2.75) is 17.7 Å². The van der Waals surface area contributed by atoms with Crippen LogP contribution in [0.15, 0.2) is 53.6 Å². The van der Waals surface area contributed by atoms with E-state index in [9.17, 15) is 13.2 Å². The number of nitrogens with zero attached hydrogens (tertiary/aromatic N) is 1. The smallest absolute Gasteiger partial charge is 0.239 e. The van der Waals surface area contributed by atoms with Crippen LogP contribution in [-0.2, 0) is 27.7 Å². The minimum Gasteiger partial charge on any atom is -0.362 e. The molecule has 0 unspecified atom stereocenters. The number of nitrogens with two attached hydrogens (primary N) is 1. The molecular weight excluding hydrogens is 376 g/mol. The molecule has 2 aromatic carbocycles. The van der Waals surface area contributed by atoms with Crippen LogP contribution in [-0.4, -0.2) is 38.9 Å². The molecule has 7 nitrogen and oxygen atoms in total. The Bertz CT molecular complexity index is 1140. The van der Waals surface area contributed by atoms with E-state index in [4.69, 9.17) is 5.14 Å². The summed E-state index contributed by atoms with van der Waals surface area (Å²) in [5.74, 6) is -0.0526. The third kappa shape index (κ3) is 3.74. The lowest BCUT2D eigenvalue weighted by atomic mass is 10.1. The summed E-state index contributed by atoms with van der Waals surface area (Å²) in [6.07, 6.45) is 3.43. The van der Waals surface area contributed by atoms with E-state index in [0.29, 0.717) is 19.5 Å². The molecule has 0 radical (unpaired) electrons. The van der Waals surface area contributed by atoms with E-state index in [2.05, 4.69) is 16.4 Å². The van der Waals surface area contributed by atoms with Crippen molar-refractivity contribution < 1.29 is 13.2 Å². The Morgan fingerprint density at radius 3 is 2.86 bits per heavy atom. The van der Waals surface area contributed by atoms with Gasteiger partial charge in [-0.15, -0.1) is 0 Å². The fourth-order valence-electron chi connectivity index (χ4n) is 3.69. The molecule has 0 spiro atoms. The summed E-state index contributed by atoms with van der Waals surface area (Å²) in [5.41, 5.74) is 4.06. The molecule has 0 saturated carbocycles. The lowest BCUT2D eigenvalue weighted by Crippen LogP contribution is -2.37. The van der Waals surface area contributed by atoms with Gasteiger partial charge in [0, 0.05) is 35.9 Å². The number of nitrogens with one attached hydrogen (secondary N) is 2. The number of aromatic nitrogens is 1. The number of fused-ring (bicyclic) bond motifs is 2. The summed E-state index contributed by atoms with van der Waals surface area (Å²) in [5, 5.41) is 9.33. The number of amides is 1. The van der Waals surface area contributed by atoms with Crippen LogP contribution in [0, 0.1) is 0 Å². The Balaban J connectivity index is 1.34. The van der Waals surface area contributed by atoms with Gasteiger partial charge in [0.25, 0.3) is 0 Å². The van der Waals surface area contributed by atoms with Gasteiger partial charge in [-0.2, -0.15) is 0 Å². The zero-order chi connectivity index (χ0) is 19.7. The van der Waals surface area contributed by atoms with Crippen LogP contribution in [0.3, 0.4) is 0 Å². The highest BCUT2D eigenvalue weighted by Gasteiger charge is 2.23. The first-order valence-electron chi connectivity index (χ1n) is 9.14. The average molecular weight is 398 g/mol. The van der Waals surface area contributed by atoms with Gasteiger partial charge in [0.15, 0.2) is 0 Å². The molecule has 3 aromatic rings. The number of aromatic amines is 1. The van der Waals surface area contributed by atoms with Gasteiger partial charge in [0.05, 0.1) is 11.4 Å². The van der Waals surface area contributed by atoms with Crippen molar-refractivity contribution in [3.63, 3.8) is 0 Å². The van der Waals surface area contributed by atoms with Gasteiger partial charge >= 0.3 is 0 Å². The monoisotopic (exact) mass is 398 g/mol. The molecule has 1 aliphatic heterocycles. The van der Waals surface area contributed by atoms with Crippen molar-refractivity contribution in [2.24, 2.45) is 5.14 Å². The van der Waals surface area contributed by atoms with Crippen LogP contribution >= 0.6 is 0 Å². The Kier molecular flexibility index (Phi) is 4.82. The van der Waals surface area contributed by atoms with Crippen LogP contribution < -0.4 is 15.4 Å². The maximum Gasteiger partial charge on any atom is 0.239 e. The number of carbonyl (C=O) groups is 1. The van der Waals surface area contributed by atoms with Crippen molar-refractivity contribution in [3.05, 3.63) is 59.8 Å². The number of carbonyl (C=O) groups excluding carboxylic acids is 1. The molecule has 1 aromatic heterocycles. The summed E-state index contributed by atoms with van der Waals surface area (Å²) in [4.78, 5) is 17.7. The summed E-state index contributed by atoms with van der Waals surface area (Å²) in [6, 6.07) is 12.9. The van der Waals surface area contributed by atoms with E-state index in [-0.39, 0.29) is 17.3 Å². The first-order valence-corrected chi connectivity index (χ1v) is 10.7. The van der Waals surface area contributed by atoms with Crippen molar-refractivity contribution in [3.8, 4) is 0 Å². The number of para-hydroxylation sites is 1. The highest BCUT2D eigenvalue weighted by Crippen LogP contribution is 2.29. The van der Waals surface area contributed by atoms with Gasteiger partial charge in [0.1, 0.15) is 0 Å². The molecule has 4 rings (SSSR count). The maximum absolute atomic E-state index is 12.4. The molecule has 146 valence electrons. The summed E-state index contributed by atoms with van der Waals surface area (Å²) >= 11 is 0. The molecule has 0 bridgehead atoms. The number of primary sulfonamides is 1.